The van der Waals surface area contributed by atoms with E-state index in [1.54, 1.807) is 7.11 Å². The zero-order valence-corrected chi connectivity index (χ0v) is 17.7. The Kier molecular flexibility index (Phi) is 6.17. The number of nitrogens with zero attached hydrogens (tertiary/aromatic N) is 2. The molecule has 0 saturated heterocycles. The van der Waals surface area contributed by atoms with E-state index in [0.717, 1.165) is 39.6 Å². The van der Waals surface area contributed by atoms with E-state index in [-0.39, 0.29) is 12.5 Å². The van der Waals surface area contributed by atoms with Crippen LogP contribution < -0.4 is 14.8 Å². The van der Waals surface area contributed by atoms with Crippen LogP contribution in [0.4, 0.5) is 5.69 Å². The molecule has 0 atom stereocenters. The molecule has 0 spiro atoms. The van der Waals surface area contributed by atoms with E-state index in [0.29, 0.717) is 13.0 Å². The number of rotatable bonds is 8. The topological polar surface area (TPSA) is 65.4 Å². The molecule has 0 saturated carbocycles. The van der Waals surface area contributed by atoms with Crippen LogP contribution in [0.3, 0.4) is 0 Å². The number of fused-ring (bicyclic) bond motifs is 1. The van der Waals surface area contributed by atoms with Gasteiger partial charge in [0.15, 0.2) is 0 Å². The average molecular weight is 415 g/mol. The molecular weight excluding hydrogens is 390 g/mol. The fourth-order valence-corrected chi connectivity index (χ4v) is 3.51. The Morgan fingerprint density at radius 2 is 1.68 bits per heavy atom. The minimum absolute atomic E-state index is 0.108. The van der Waals surface area contributed by atoms with Crippen molar-refractivity contribution in [1.29, 1.82) is 0 Å². The molecule has 0 bridgehead atoms. The Morgan fingerprint density at radius 3 is 2.39 bits per heavy atom. The molecule has 6 heteroatoms. The number of carbonyl (C=O) groups excluding carboxylic acids is 1. The molecule has 3 aromatic carbocycles. The average Bonchev–Trinajstić information content (AvgIpc) is 3.12. The Labute approximate surface area is 181 Å². The van der Waals surface area contributed by atoms with Crippen molar-refractivity contribution in [3.63, 3.8) is 0 Å². The van der Waals surface area contributed by atoms with Crippen molar-refractivity contribution < 1.29 is 14.3 Å². The van der Waals surface area contributed by atoms with Crippen molar-refractivity contribution in [2.75, 3.05) is 19.0 Å². The van der Waals surface area contributed by atoms with Gasteiger partial charge in [0.1, 0.15) is 23.9 Å². The smallest absolute Gasteiger partial charge is 0.244 e. The zero-order chi connectivity index (χ0) is 21.6. The normalized spacial score (nSPS) is 10.8. The number of methoxy groups -OCH3 is 1. The van der Waals surface area contributed by atoms with Gasteiger partial charge in [0.25, 0.3) is 0 Å². The summed E-state index contributed by atoms with van der Waals surface area (Å²) in [5.41, 5.74) is 3.64. The third kappa shape index (κ3) is 4.86. The van der Waals surface area contributed by atoms with Crippen LogP contribution in [0.2, 0.25) is 0 Å². The van der Waals surface area contributed by atoms with Crippen molar-refractivity contribution in [2.45, 2.75) is 19.9 Å². The van der Waals surface area contributed by atoms with E-state index in [4.69, 9.17) is 14.5 Å². The van der Waals surface area contributed by atoms with Crippen molar-refractivity contribution >= 4 is 22.6 Å². The van der Waals surface area contributed by atoms with E-state index >= 15 is 0 Å². The summed E-state index contributed by atoms with van der Waals surface area (Å²) in [5, 5.41) is 2.96. The molecule has 0 fully saturated rings. The molecule has 4 aromatic rings. The standard InChI is InChI=1S/C25H25N3O3/c1-3-31-21-14-10-19(11-15-21)26-25(29)17-28-23-7-5-4-6-22(23)27-24(28)16-18-8-12-20(30-2)13-9-18/h4-15H,3,16-17H2,1-2H3,(H,26,29). The highest BCUT2D eigenvalue weighted by molar-refractivity contribution is 5.91. The summed E-state index contributed by atoms with van der Waals surface area (Å²) in [5.74, 6) is 2.33. The quantitative estimate of drug-likeness (QED) is 0.454. The van der Waals surface area contributed by atoms with E-state index in [1.807, 2.05) is 84.3 Å². The highest BCUT2D eigenvalue weighted by Crippen LogP contribution is 2.21. The lowest BCUT2D eigenvalue weighted by molar-refractivity contribution is -0.116. The monoisotopic (exact) mass is 415 g/mol. The van der Waals surface area contributed by atoms with Gasteiger partial charge in [-0.1, -0.05) is 24.3 Å². The number of anilines is 1. The molecule has 31 heavy (non-hydrogen) atoms. The molecule has 0 aliphatic heterocycles. The summed E-state index contributed by atoms with van der Waals surface area (Å²) < 4.78 is 12.7. The first kappa shape index (κ1) is 20.5. The van der Waals surface area contributed by atoms with Gasteiger partial charge in [0, 0.05) is 12.1 Å². The molecule has 1 N–H and O–H groups in total. The number of nitrogens with one attached hydrogen (secondary N) is 1. The summed E-state index contributed by atoms with van der Waals surface area (Å²) in [4.78, 5) is 17.6. The van der Waals surface area contributed by atoms with Crippen molar-refractivity contribution in [1.82, 2.24) is 9.55 Å². The molecule has 0 aliphatic rings. The number of para-hydroxylation sites is 2. The molecular formula is C25H25N3O3. The highest BCUT2D eigenvalue weighted by atomic mass is 16.5. The van der Waals surface area contributed by atoms with Gasteiger partial charge in [-0.15, -0.1) is 0 Å². The SMILES string of the molecule is CCOc1ccc(NC(=O)Cn2c(Cc3ccc(OC)cc3)nc3ccccc32)cc1. The van der Waals surface area contributed by atoms with Crippen molar-refractivity contribution in [2.24, 2.45) is 0 Å². The lowest BCUT2D eigenvalue weighted by atomic mass is 10.1. The van der Waals surface area contributed by atoms with Crippen LogP contribution in [0.5, 0.6) is 11.5 Å². The zero-order valence-electron chi connectivity index (χ0n) is 17.7. The first-order chi connectivity index (χ1) is 15.2. The van der Waals surface area contributed by atoms with E-state index in [2.05, 4.69) is 5.32 Å². The van der Waals surface area contributed by atoms with Crippen molar-refractivity contribution in [3.05, 3.63) is 84.2 Å². The van der Waals surface area contributed by atoms with Crippen LogP contribution in [0.1, 0.15) is 18.3 Å². The number of hydrogen-bond donors (Lipinski definition) is 1. The Morgan fingerprint density at radius 1 is 0.968 bits per heavy atom. The van der Waals surface area contributed by atoms with Crippen molar-refractivity contribution in [3.8, 4) is 11.5 Å². The van der Waals surface area contributed by atoms with E-state index in [1.165, 1.54) is 0 Å². The second-order valence-electron chi connectivity index (χ2n) is 7.13. The molecule has 0 radical (unpaired) electrons. The van der Waals surface area contributed by atoms with E-state index in [9.17, 15) is 4.79 Å². The number of hydrogen-bond acceptors (Lipinski definition) is 4. The number of ether oxygens (including phenoxy) is 2. The lowest BCUT2D eigenvalue weighted by Crippen LogP contribution is -2.20. The largest absolute Gasteiger partial charge is 0.497 e. The van der Waals surface area contributed by atoms with Crippen LogP contribution in [0.25, 0.3) is 11.0 Å². The van der Waals surface area contributed by atoms with E-state index < -0.39 is 0 Å². The van der Waals surface area contributed by atoms with Gasteiger partial charge >= 0.3 is 0 Å². The number of carbonyl (C=O) groups is 1. The number of amides is 1. The van der Waals surface area contributed by atoms with Crippen LogP contribution >= 0.6 is 0 Å². The first-order valence-electron chi connectivity index (χ1n) is 10.3. The van der Waals surface area contributed by atoms with Crippen LogP contribution in [-0.2, 0) is 17.8 Å². The Balaban J connectivity index is 1.55. The summed E-state index contributed by atoms with van der Waals surface area (Å²) in [7, 11) is 1.65. The molecule has 1 amide bonds. The fourth-order valence-electron chi connectivity index (χ4n) is 3.51. The minimum Gasteiger partial charge on any atom is -0.497 e. The second kappa shape index (κ2) is 9.34. The predicted molar refractivity (Wildman–Crippen MR) is 122 cm³/mol. The summed E-state index contributed by atoms with van der Waals surface area (Å²) in [6.07, 6.45) is 0.620. The molecule has 158 valence electrons. The predicted octanol–water partition coefficient (Wildman–Crippen LogP) is 4.67. The molecule has 4 rings (SSSR count). The Hall–Kier alpha value is -3.80. The van der Waals surface area contributed by atoms with Gasteiger partial charge in [0.2, 0.25) is 5.91 Å². The van der Waals surface area contributed by atoms with Gasteiger partial charge < -0.3 is 19.4 Å². The van der Waals surface area contributed by atoms with Gasteiger partial charge in [-0.25, -0.2) is 4.98 Å². The number of imidazole rings is 1. The van der Waals surface area contributed by atoms with Gasteiger partial charge in [0.05, 0.1) is 24.8 Å². The molecule has 6 nitrogen and oxygen atoms in total. The maximum absolute atomic E-state index is 12.8. The maximum atomic E-state index is 12.8. The molecule has 0 aliphatic carbocycles. The molecule has 1 aromatic heterocycles. The highest BCUT2D eigenvalue weighted by Gasteiger charge is 2.14. The molecule has 1 heterocycles. The van der Waals surface area contributed by atoms with Crippen LogP contribution in [-0.4, -0.2) is 29.2 Å². The van der Waals surface area contributed by atoms with Gasteiger partial charge in [-0.3, -0.25) is 4.79 Å². The van der Waals surface area contributed by atoms with Crippen LogP contribution in [0, 0.1) is 0 Å². The summed E-state index contributed by atoms with van der Waals surface area (Å²) in [6, 6.07) is 23.1. The summed E-state index contributed by atoms with van der Waals surface area (Å²) >= 11 is 0. The third-order valence-corrected chi connectivity index (χ3v) is 5.01. The first-order valence-corrected chi connectivity index (χ1v) is 10.3. The fraction of sp³-hybridized carbons (Fsp3) is 0.200. The third-order valence-electron chi connectivity index (χ3n) is 5.01. The Bertz CT molecular complexity index is 1170. The second-order valence-corrected chi connectivity index (χ2v) is 7.13. The molecule has 0 unspecified atom stereocenters. The van der Waals surface area contributed by atoms with Crippen LogP contribution in [0.15, 0.2) is 72.8 Å². The maximum Gasteiger partial charge on any atom is 0.244 e. The minimum atomic E-state index is -0.108. The number of benzene rings is 3. The number of aromatic nitrogens is 2. The van der Waals surface area contributed by atoms with Gasteiger partial charge in [-0.05, 0) is 61.0 Å². The lowest BCUT2D eigenvalue weighted by Gasteiger charge is -2.11. The summed E-state index contributed by atoms with van der Waals surface area (Å²) in [6.45, 7) is 2.73. The van der Waals surface area contributed by atoms with Gasteiger partial charge in [-0.2, -0.15) is 0 Å².